The molecule has 1 aliphatic rings. The number of benzene rings is 1. The molecule has 0 heterocycles. The summed E-state index contributed by atoms with van der Waals surface area (Å²) in [5.41, 5.74) is 0.0650. The van der Waals surface area contributed by atoms with E-state index in [1.807, 2.05) is 0 Å². The average molecular weight is 237 g/mol. The third kappa shape index (κ3) is 1.89. The van der Waals surface area contributed by atoms with Gasteiger partial charge in [0, 0.05) is 11.6 Å². The number of hydrogen-bond donors (Lipinski definition) is 0. The normalized spacial score (nSPS) is 15.9. The molecule has 0 spiro atoms. The largest absolute Gasteiger partial charge is 0.496 e. The van der Waals surface area contributed by atoms with E-state index in [0.717, 1.165) is 12.8 Å². The summed E-state index contributed by atoms with van der Waals surface area (Å²) in [7, 11) is 2.84. The monoisotopic (exact) mass is 237 g/mol. The van der Waals surface area contributed by atoms with Crippen LogP contribution in [0.15, 0.2) is 17.1 Å². The third-order valence-electron chi connectivity index (χ3n) is 2.96. The number of methoxy groups -OCH3 is 2. The predicted octanol–water partition coefficient (Wildman–Crippen LogP) is 2.17. The van der Waals surface area contributed by atoms with Gasteiger partial charge in [-0.2, -0.15) is 4.99 Å². The van der Waals surface area contributed by atoms with Crippen molar-refractivity contribution in [1.29, 1.82) is 0 Å². The van der Waals surface area contributed by atoms with E-state index >= 15 is 0 Å². The van der Waals surface area contributed by atoms with Gasteiger partial charge in [0.15, 0.2) is 11.6 Å². The van der Waals surface area contributed by atoms with Crippen molar-refractivity contribution < 1.29 is 18.7 Å². The number of rotatable bonds is 4. The van der Waals surface area contributed by atoms with Crippen molar-refractivity contribution in [3.8, 4) is 11.5 Å². The van der Waals surface area contributed by atoms with Gasteiger partial charge in [0.1, 0.15) is 11.3 Å². The highest BCUT2D eigenvalue weighted by molar-refractivity contribution is 5.50. The van der Waals surface area contributed by atoms with E-state index in [1.165, 1.54) is 26.4 Å². The maximum atomic E-state index is 13.5. The van der Waals surface area contributed by atoms with Crippen LogP contribution in [-0.2, 0) is 10.3 Å². The molecule has 90 valence electrons. The summed E-state index contributed by atoms with van der Waals surface area (Å²) in [6.07, 6.45) is 3.02. The molecule has 0 radical (unpaired) electrons. The quantitative estimate of drug-likeness (QED) is 0.595. The second-order valence-electron chi connectivity index (χ2n) is 3.92. The molecule has 5 heteroatoms. The number of isocyanates is 1. The molecule has 1 fully saturated rings. The topological polar surface area (TPSA) is 47.9 Å². The Morgan fingerprint density at radius 1 is 1.29 bits per heavy atom. The van der Waals surface area contributed by atoms with Crippen LogP contribution in [-0.4, -0.2) is 20.3 Å². The van der Waals surface area contributed by atoms with Crippen LogP contribution in [0.1, 0.15) is 18.4 Å². The molecule has 0 aromatic heterocycles. The van der Waals surface area contributed by atoms with Crippen molar-refractivity contribution in [2.24, 2.45) is 4.99 Å². The van der Waals surface area contributed by atoms with Gasteiger partial charge in [-0.05, 0) is 18.9 Å². The van der Waals surface area contributed by atoms with Crippen LogP contribution >= 0.6 is 0 Å². The van der Waals surface area contributed by atoms with Crippen LogP contribution in [0.4, 0.5) is 4.39 Å². The summed E-state index contributed by atoms with van der Waals surface area (Å²) >= 11 is 0. The van der Waals surface area contributed by atoms with Crippen LogP contribution in [0.3, 0.4) is 0 Å². The number of nitrogens with zero attached hydrogens (tertiary/aromatic N) is 1. The van der Waals surface area contributed by atoms with Crippen molar-refractivity contribution in [2.75, 3.05) is 14.2 Å². The van der Waals surface area contributed by atoms with Crippen molar-refractivity contribution >= 4 is 6.08 Å². The Balaban J connectivity index is 2.55. The number of halogens is 1. The van der Waals surface area contributed by atoms with E-state index < -0.39 is 11.4 Å². The molecular formula is C12H12FNO3. The first-order valence-electron chi connectivity index (χ1n) is 5.18. The Morgan fingerprint density at radius 2 is 1.94 bits per heavy atom. The molecule has 2 rings (SSSR count). The Labute approximate surface area is 98.1 Å². The first-order valence-corrected chi connectivity index (χ1v) is 5.18. The molecule has 0 amide bonds. The Hall–Kier alpha value is -1.87. The highest BCUT2D eigenvalue weighted by atomic mass is 19.1. The fourth-order valence-corrected chi connectivity index (χ4v) is 1.87. The summed E-state index contributed by atoms with van der Waals surface area (Å²) in [6, 6.07) is 2.77. The second-order valence-corrected chi connectivity index (χ2v) is 3.92. The van der Waals surface area contributed by atoms with E-state index in [9.17, 15) is 9.18 Å². The van der Waals surface area contributed by atoms with Gasteiger partial charge in [-0.1, -0.05) is 0 Å². The van der Waals surface area contributed by atoms with Crippen LogP contribution in [0.2, 0.25) is 0 Å². The highest BCUT2D eigenvalue weighted by Crippen LogP contribution is 2.53. The maximum Gasteiger partial charge on any atom is 0.235 e. The highest BCUT2D eigenvalue weighted by Gasteiger charge is 2.47. The lowest BCUT2D eigenvalue weighted by atomic mass is 10.0. The average Bonchev–Trinajstić information content (AvgIpc) is 3.10. The van der Waals surface area contributed by atoms with Crippen LogP contribution in [0.25, 0.3) is 0 Å². The number of aliphatic imine (C=N–C) groups is 1. The minimum absolute atomic E-state index is 0.119. The first kappa shape index (κ1) is 11.6. The van der Waals surface area contributed by atoms with Gasteiger partial charge in [0.25, 0.3) is 0 Å². The molecular weight excluding hydrogens is 225 g/mol. The molecule has 1 saturated carbocycles. The van der Waals surface area contributed by atoms with E-state index in [2.05, 4.69) is 4.99 Å². The SMILES string of the molecule is COc1cc(C2(N=C=O)CC2)c(OC)cc1F. The summed E-state index contributed by atoms with van der Waals surface area (Å²) in [4.78, 5) is 14.2. The molecule has 0 unspecified atom stereocenters. The third-order valence-corrected chi connectivity index (χ3v) is 2.96. The standard InChI is InChI=1S/C12H12FNO3/c1-16-10-6-9(13)11(17-2)5-8(10)12(3-4-12)14-7-15/h5-6H,3-4H2,1-2H3. The molecule has 0 N–H and O–H groups in total. The lowest BCUT2D eigenvalue weighted by Gasteiger charge is -2.15. The molecule has 0 saturated heterocycles. The predicted molar refractivity (Wildman–Crippen MR) is 58.5 cm³/mol. The summed E-state index contributed by atoms with van der Waals surface area (Å²) < 4.78 is 23.5. The lowest BCUT2D eigenvalue weighted by molar-refractivity contribution is 0.371. The Bertz CT molecular complexity index is 491. The van der Waals surface area contributed by atoms with E-state index in [-0.39, 0.29) is 5.75 Å². The Morgan fingerprint density at radius 3 is 2.41 bits per heavy atom. The number of ether oxygens (including phenoxy) is 2. The molecule has 1 aromatic rings. The maximum absolute atomic E-state index is 13.5. The van der Waals surface area contributed by atoms with Crippen LogP contribution < -0.4 is 9.47 Å². The zero-order valence-corrected chi connectivity index (χ0v) is 9.62. The molecule has 1 aliphatic carbocycles. The van der Waals surface area contributed by atoms with Crippen molar-refractivity contribution in [3.05, 3.63) is 23.5 Å². The van der Waals surface area contributed by atoms with Gasteiger partial charge in [-0.15, -0.1) is 0 Å². The van der Waals surface area contributed by atoms with Crippen LogP contribution in [0.5, 0.6) is 11.5 Å². The minimum atomic E-state index is -0.603. The second kappa shape index (κ2) is 4.18. The molecule has 4 nitrogen and oxygen atoms in total. The fraction of sp³-hybridized carbons (Fsp3) is 0.417. The zero-order valence-electron chi connectivity index (χ0n) is 9.62. The molecule has 0 atom stereocenters. The van der Waals surface area contributed by atoms with E-state index in [0.29, 0.717) is 11.3 Å². The van der Waals surface area contributed by atoms with Crippen molar-refractivity contribution in [1.82, 2.24) is 0 Å². The van der Waals surface area contributed by atoms with E-state index in [4.69, 9.17) is 9.47 Å². The number of hydrogen-bond acceptors (Lipinski definition) is 4. The van der Waals surface area contributed by atoms with Crippen molar-refractivity contribution in [2.45, 2.75) is 18.4 Å². The van der Waals surface area contributed by atoms with Crippen LogP contribution in [0, 0.1) is 5.82 Å². The minimum Gasteiger partial charge on any atom is -0.496 e. The molecule has 17 heavy (non-hydrogen) atoms. The summed E-state index contributed by atoms with van der Waals surface area (Å²) in [5.74, 6) is -0.00745. The van der Waals surface area contributed by atoms with E-state index in [1.54, 1.807) is 6.08 Å². The molecule has 0 bridgehead atoms. The fourth-order valence-electron chi connectivity index (χ4n) is 1.87. The lowest BCUT2D eigenvalue weighted by Crippen LogP contribution is -2.06. The summed E-state index contributed by atoms with van der Waals surface area (Å²) in [6.45, 7) is 0. The van der Waals surface area contributed by atoms with Gasteiger partial charge in [-0.25, -0.2) is 9.18 Å². The van der Waals surface area contributed by atoms with Gasteiger partial charge in [0.05, 0.1) is 14.2 Å². The zero-order chi connectivity index (χ0) is 12.5. The van der Waals surface area contributed by atoms with Gasteiger partial charge in [-0.3, -0.25) is 0 Å². The molecule has 1 aromatic carbocycles. The Kier molecular flexibility index (Phi) is 2.86. The first-order chi connectivity index (χ1) is 8.16. The summed E-state index contributed by atoms with van der Waals surface area (Å²) in [5, 5.41) is 0. The number of carbonyl (C=O) groups excluding carboxylic acids is 1. The van der Waals surface area contributed by atoms with Gasteiger partial charge < -0.3 is 9.47 Å². The van der Waals surface area contributed by atoms with Gasteiger partial charge >= 0.3 is 0 Å². The van der Waals surface area contributed by atoms with Gasteiger partial charge in [0.2, 0.25) is 6.08 Å². The molecule has 0 aliphatic heterocycles. The smallest absolute Gasteiger partial charge is 0.235 e. The van der Waals surface area contributed by atoms with Crippen molar-refractivity contribution in [3.63, 3.8) is 0 Å².